The summed E-state index contributed by atoms with van der Waals surface area (Å²) in [7, 11) is 2.13. The number of amides is 2. The van der Waals surface area contributed by atoms with E-state index in [1.807, 2.05) is 17.0 Å². The molecule has 0 unspecified atom stereocenters. The SMILES string of the molecule is CN1CCc2c1ccc1c2CCN1C(=O)Nc1cccnc1. The average Bonchev–Trinajstić information content (AvgIpc) is 3.12. The number of urea groups is 1. The molecular formula is C17H18N4O. The normalized spacial score (nSPS) is 15.7. The van der Waals surface area contributed by atoms with Crippen LogP contribution in [-0.2, 0) is 12.8 Å². The van der Waals surface area contributed by atoms with Crippen LogP contribution in [0.15, 0.2) is 36.7 Å². The Bertz CT molecular complexity index is 729. The second kappa shape index (κ2) is 5.02. The van der Waals surface area contributed by atoms with Gasteiger partial charge in [-0.2, -0.15) is 0 Å². The number of pyridine rings is 1. The third-order valence-electron chi connectivity index (χ3n) is 4.52. The van der Waals surface area contributed by atoms with Crippen molar-refractivity contribution in [2.45, 2.75) is 12.8 Å². The van der Waals surface area contributed by atoms with Crippen LogP contribution < -0.4 is 15.1 Å². The van der Waals surface area contributed by atoms with Crippen LogP contribution in [0, 0.1) is 0 Å². The van der Waals surface area contributed by atoms with Crippen molar-refractivity contribution in [2.75, 3.05) is 35.3 Å². The van der Waals surface area contributed by atoms with E-state index in [2.05, 4.69) is 34.4 Å². The van der Waals surface area contributed by atoms with Gasteiger partial charge in [-0.3, -0.25) is 9.88 Å². The van der Waals surface area contributed by atoms with E-state index in [0.29, 0.717) is 0 Å². The molecule has 112 valence electrons. The first-order chi connectivity index (χ1) is 10.7. The summed E-state index contributed by atoms with van der Waals surface area (Å²) >= 11 is 0. The molecule has 2 aliphatic rings. The predicted molar refractivity (Wildman–Crippen MR) is 87.7 cm³/mol. The maximum absolute atomic E-state index is 12.5. The Morgan fingerprint density at radius 2 is 1.91 bits per heavy atom. The number of nitrogens with one attached hydrogen (secondary N) is 1. The molecule has 5 heteroatoms. The molecule has 0 bridgehead atoms. The lowest BCUT2D eigenvalue weighted by Crippen LogP contribution is -2.33. The molecule has 2 aromatic rings. The van der Waals surface area contributed by atoms with E-state index in [4.69, 9.17) is 0 Å². The van der Waals surface area contributed by atoms with E-state index >= 15 is 0 Å². The lowest BCUT2D eigenvalue weighted by molar-refractivity contribution is 0.257. The Labute approximate surface area is 129 Å². The fourth-order valence-corrected chi connectivity index (χ4v) is 3.42. The third kappa shape index (κ3) is 2.01. The van der Waals surface area contributed by atoms with Gasteiger partial charge in [0.25, 0.3) is 0 Å². The molecule has 0 saturated carbocycles. The zero-order valence-corrected chi connectivity index (χ0v) is 12.5. The van der Waals surface area contributed by atoms with Gasteiger partial charge in [0, 0.05) is 37.7 Å². The molecule has 3 heterocycles. The molecule has 0 aliphatic carbocycles. The summed E-state index contributed by atoms with van der Waals surface area (Å²) in [5, 5.41) is 2.92. The Kier molecular flexibility index (Phi) is 2.99. The third-order valence-corrected chi connectivity index (χ3v) is 4.52. The topological polar surface area (TPSA) is 48.5 Å². The molecule has 0 fully saturated rings. The lowest BCUT2D eigenvalue weighted by Gasteiger charge is -2.19. The molecule has 0 radical (unpaired) electrons. The highest BCUT2D eigenvalue weighted by atomic mass is 16.2. The minimum Gasteiger partial charge on any atom is -0.374 e. The molecule has 2 aliphatic heterocycles. The summed E-state index contributed by atoms with van der Waals surface area (Å²) in [6, 6.07) is 7.79. The molecule has 0 spiro atoms. The Morgan fingerprint density at radius 1 is 1.14 bits per heavy atom. The number of hydrogen-bond donors (Lipinski definition) is 1. The fourth-order valence-electron chi connectivity index (χ4n) is 3.42. The van der Waals surface area contributed by atoms with E-state index in [1.165, 1.54) is 16.8 Å². The van der Waals surface area contributed by atoms with Gasteiger partial charge in [0.15, 0.2) is 0 Å². The van der Waals surface area contributed by atoms with E-state index in [-0.39, 0.29) is 6.03 Å². The molecular weight excluding hydrogens is 276 g/mol. The van der Waals surface area contributed by atoms with Gasteiger partial charge < -0.3 is 10.2 Å². The molecule has 1 N–H and O–H groups in total. The van der Waals surface area contributed by atoms with Crippen molar-refractivity contribution in [3.63, 3.8) is 0 Å². The summed E-state index contributed by atoms with van der Waals surface area (Å²) in [5.41, 5.74) is 5.84. The summed E-state index contributed by atoms with van der Waals surface area (Å²) in [5.74, 6) is 0. The van der Waals surface area contributed by atoms with Crippen LogP contribution in [0.25, 0.3) is 0 Å². The Morgan fingerprint density at radius 3 is 2.73 bits per heavy atom. The first kappa shape index (κ1) is 13.1. The van der Waals surface area contributed by atoms with E-state index in [0.717, 1.165) is 37.3 Å². The molecule has 2 amide bonds. The first-order valence-corrected chi connectivity index (χ1v) is 7.58. The fraction of sp³-hybridized carbons (Fsp3) is 0.294. The van der Waals surface area contributed by atoms with Crippen molar-refractivity contribution in [3.05, 3.63) is 47.8 Å². The van der Waals surface area contributed by atoms with Crippen molar-refractivity contribution in [3.8, 4) is 0 Å². The number of anilines is 3. The highest BCUT2D eigenvalue weighted by molar-refractivity contribution is 6.03. The second-order valence-electron chi connectivity index (χ2n) is 5.81. The van der Waals surface area contributed by atoms with Crippen molar-refractivity contribution >= 4 is 23.1 Å². The zero-order chi connectivity index (χ0) is 15.1. The summed E-state index contributed by atoms with van der Waals surface area (Å²) < 4.78 is 0. The maximum Gasteiger partial charge on any atom is 0.326 e. The average molecular weight is 294 g/mol. The van der Waals surface area contributed by atoms with Crippen LogP contribution >= 0.6 is 0 Å². The smallest absolute Gasteiger partial charge is 0.326 e. The van der Waals surface area contributed by atoms with E-state index in [1.54, 1.807) is 12.4 Å². The number of nitrogens with zero attached hydrogens (tertiary/aromatic N) is 3. The summed E-state index contributed by atoms with van der Waals surface area (Å²) in [6.07, 6.45) is 5.37. The van der Waals surface area contributed by atoms with Gasteiger partial charge in [0.1, 0.15) is 0 Å². The van der Waals surface area contributed by atoms with Gasteiger partial charge >= 0.3 is 6.03 Å². The first-order valence-electron chi connectivity index (χ1n) is 7.58. The van der Waals surface area contributed by atoms with Crippen molar-refractivity contribution in [1.82, 2.24) is 4.98 Å². The predicted octanol–water partition coefficient (Wildman–Crippen LogP) is 2.67. The number of aromatic nitrogens is 1. The van der Waals surface area contributed by atoms with Gasteiger partial charge in [-0.15, -0.1) is 0 Å². The van der Waals surface area contributed by atoms with Crippen molar-refractivity contribution in [1.29, 1.82) is 0 Å². The van der Waals surface area contributed by atoms with Crippen molar-refractivity contribution < 1.29 is 4.79 Å². The number of hydrogen-bond acceptors (Lipinski definition) is 3. The maximum atomic E-state index is 12.5. The van der Waals surface area contributed by atoms with E-state index < -0.39 is 0 Å². The van der Waals surface area contributed by atoms with Gasteiger partial charge in [0.05, 0.1) is 11.9 Å². The Hall–Kier alpha value is -2.56. The number of rotatable bonds is 1. The second-order valence-corrected chi connectivity index (χ2v) is 5.81. The quantitative estimate of drug-likeness (QED) is 0.879. The minimum absolute atomic E-state index is 0.0851. The van der Waals surface area contributed by atoms with Crippen molar-refractivity contribution in [2.24, 2.45) is 0 Å². The van der Waals surface area contributed by atoms with Gasteiger partial charge in [0.2, 0.25) is 0 Å². The van der Waals surface area contributed by atoms with Crippen LogP contribution in [0.2, 0.25) is 0 Å². The lowest BCUT2D eigenvalue weighted by atomic mass is 10.0. The highest BCUT2D eigenvalue weighted by Gasteiger charge is 2.30. The highest BCUT2D eigenvalue weighted by Crippen LogP contribution is 2.39. The molecule has 5 nitrogen and oxygen atoms in total. The standard InChI is InChI=1S/C17H18N4O/c1-20-9-6-13-14-7-10-21(16(14)5-4-15(13)20)17(22)19-12-3-2-8-18-11-12/h2-5,8,11H,6-7,9-10H2,1H3,(H,19,22). The zero-order valence-electron chi connectivity index (χ0n) is 12.5. The molecule has 1 aromatic carbocycles. The number of benzene rings is 1. The molecule has 0 atom stereocenters. The van der Waals surface area contributed by atoms with Crippen LogP contribution in [0.3, 0.4) is 0 Å². The number of carbonyl (C=O) groups excluding carboxylic acids is 1. The van der Waals surface area contributed by atoms with Crippen LogP contribution in [0.4, 0.5) is 21.9 Å². The molecule has 0 saturated heterocycles. The van der Waals surface area contributed by atoms with Crippen LogP contribution in [-0.4, -0.2) is 31.2 Å². The Balaban J connectivity index is 1.61. The molecule has 1 aromatic heterocycles. The molecule has 22 heavy (non-hydrogen) atoms. The monoisotopic (exact) mass is 294 g/mol. The largest absolute Gasteiger partial charge is 0.374 e. The number of fused-ring (bicyclic) bond motifs is 3. The van der Waals surface area contributed by atoms with Gasteiger partial charge in [-0.1, -0.05) is 0 Å². The number of likely N-dealkylation sites (N-methyl/N-ethyl adjacent to an activating group) is 1. The van der Waals surface area contributed by atoms with E-state index in [9.17, 15) is 4.79 Å². The van der Waals surface area contributed by atoms with Crippen LogP contribution in [0.5, 0.6) is 0 Å². The van der Waals surface area contributed by atoms with Gasteiger partial charge in [-0.05, 0) is 48.2 Å². The van der Waals surface area contributed by atoms with Crippen LogP contribution in [0.1, 0.15) is 11.1 Å². The molecule has 4 rings (SSSR count). The summed E-state index contributed by atoms with van der Waals surface area (Å²) in [6.45, 7) is 1.80. The number of carbonyl (C=O) groups is 1. The minimum atomic E-state index is -0.0851. The van der Waals surface area contributed by atoms with Gasteiger partial charge in [-0.25, -0.2) is 4.79 Å². The summed E-state index contributed by atoms with van der Waals surface area (Å²) in [4.78, 5) is 20.7.